The quantitative estimate of drug-likeness (QED) is 0.938. The second kappa shape index (κ2) is 5.64. The van der Waals surface area contributed by atoms with Crippen LogP contribution in [0.15, 0.2) is 53.6 Å². The van der Waals surface area contributed by atoms with Crippen LogP contribution in [0.4, 0.5) is 0 Å². The van der Waals surface area contributed by atoms with Gasteiger partial charge in [0.2, 0.25) is 10.0 Å². The molecule has 2 aromatic rings. The Kier molecular flexibility index (Phi) is 4.07. The Morgan fingerprint density at radius 3 is 2.43 bits per heavy atom. The van der Waals surface area contributed by atoms with Crippen molar-refractivity contribution < 1.29 is 8.42 Å². The van der Waals surface area contributed by atoms with Crippen LogP contribution in [0.3, 0.4) is 0 Å². The number of aromatic nitrogens is 1. The number of hydrogen-bond donors (Lipinski definition) is 1. The van der Waals surface area contributed by atoms with Crippen molar-refractivity contribution in [3.63, 3.8) is 0 Å². The highest BCUT2D eigenvalue weighted by atomic mass is 32.2. The van der Waals surface area contributed by atoms with Crippen molar-refractivity contribution in [3.05, 3.63) is 59.9 Å². The molecule has 0 radical (unpaired) electrons. The molecule has 0 fully saturated rings. The van der Waals surface area contributed by atoms with Crippen LogP contribution < -0.4 is 4.72 Å². The molecule has 0 saturated carbocycles. The summed E-state index contributed by atoms with van der Waals surface area (Å²) in [6.07, 6.45) is 1.61. The molecule has 2 rings (SSSR count). The molecule has 1 aromatic heterocycles. The van der Waals surface area contributed by atoms with E-state index in [4.69, 9.17) is 5.26 Å². The summed E-state index contributed by atoms with van der Waals surface area (Å²) in [7, 11) is -3.82. The van der Waals surface area contributed by atoms with Gasteiger partial charge in [-0.15, -0.1) is 0 Å². The van der Waals surface area contributed by atoms with Crippen molar-refractivity contribution in [1.29, 1.82) is 5.26 Å². The van der Waals surface area contributed by atoms with E-state index >= 15 is 0 Å². The fourth-order valence-electron chi connectivity index (χ4n) is 1.97. The third-order valence-corrected chi connectivity index (χ3v) is 4.71. The number of nitriles is 1. The first kappa shape index (κ1) is 15.2. The second-order valence-electron chi connectivity index (χ2n) is 5.05. The maximum Gasteiger partial charge on any atom is 0.242 e. The predicted molar refractivity (Wildman–Crippen MR) is 78.7 cm³/mol. The topological polar surface area (TPSA) is 82.9 Å². The maximum atomic E-state index is 12.5. The minimum atomic E-state index is -3.82. The third kappa shape index (κ3) is 3.27. The molecule has 0 aliphatic heterocycles. The van der Waals surface area contributed by atoms with Crippen LogP contribution in [0.25, 0.3) is 0 Å². The summed E-state index contributed by atoms with van der Waals surface area (Å²) in [5.41, 5.74) is -0.173. The molecule has 0 spiro atoms. The smallest absolute Gasteiger partial charge is 0.242 e. The molecule has 0 aliphatic rings. The lowest BCUT2D eigenvalue weighted by Crippen LogP contribution is -2.41. The van der Waals surface area contributed by atoms with E-state index in [1.807, 2.05) is 6.07 Å². The lowest BCUT2D eigenvalue weighted by atomic mass is 10.0. The van der Waals surface area contributed by atoms with Gasteiger partial charge in [0, 0.05) is 6.20 Å². The van der Waals surface area contributed by atoms with E-state index in [1.54, 1.807) is 50.4 Å². The monoisotopic (exact) mass is 301 g/mol. The van der Waals surface area contributed by atoms with Gasteiger partial charge >= 0.3 is 0 Å². The Morgan fingerprint density at radius 2 is 1.81 bits per heavy atom. The van der Waals surface area contributed by atoms with Crippen molar-refractivity contribution in [3.8, 4) is 6.07 Å². The zero-order chi connectivity index (χ0) is 15.5. The largest absolute Gasteiger partial charge is 0.259 e. The molecule has 21 heavy (non-hydrogen) atoms. The zero-order valence-corrected chi connectivity index (χ0v) is 12.6. The van der Waals surface area contributed by atoms with Gasteiger partial charge in [0.25, 0.3) is 0 Å². The number of hydrogen-bond acceptors (Lipinski definition) is 4. The summed E-state index contributed by atoms with van der Waals surface area (Å²) in [5.74, 6) is 0. The molecule has 1 N–H and O–H groups in total. The fourth-order valence-corrected chi connectivity index (χ4v) is 3.52. The van der Waals surface area contributed by atoms with Crippen LogP contribution in [0.5, 0.6) is 0 Å². The van der Waals surface area contributed by atoms with E-state index < -0.39 is 15.6 Å². The summed E-state index contributed by atoms with van der Waals surface area (Å²) in [4.78, 5) is 4.15. The first-order valence-corrected chi connectivity index (χ1v) is 7.80. The Morgan fingerprint density at radius 1 is 1.14 bits per heavy atom. The second-order valence-corrected chi connectivity index (χ2v) is 6.70. The minimum absolute atomic E-state index is 0.0310. The lowest BCUT2D eigenvalue weighted by Gasteiger charge is -2.25. The van der Waals surface area contributed by atoms with Gasteiger partial charge < -0.3 is 0 Å². The van der Waals surface area contributed by atoms with Gasteiger partial charge in [-0.1, -0.05) is 18.2 Å². The molecule has 0 aliphatic carbocycles. The molecule has 5 nitrogen and oxygen atoms in total. The van der Waals surface area contributed by atoms with Crippen LogP contribution in [0, 0.1) is 11.3 Å². The van der Waals surface area contributed by atoms with Gasteiger partial charge in [-0.05, 0) is 38.1 Å². The first-order chi connectivity index (χ1) is 9.87. The van der Waals surface area contributed by atoms with Gasteiger partial charge in [-0.25, -0.2) is 8.42 Å². The van der Waals surface area contributed by atoms with Crippen LogP contribution in [0.2, 0.25) is 0 Å². The van der Waals surface area contributed by atoms with Gasteiger partial charge in [-0.3, -0.25) is 4.98 Å². The van der Waals surface area contributed by atoms with Gasteiger partial charge in [0.05, 0.1) is 21.7 Å². The summed E-state index contributed by atoms with van der Waals surface area (Å²) in [5, 5.41) is 9.04. The highest BCUT2D eigenvalue weighted by molar-refractivity contribution is 7.89. The molecule has 1 heterocycles. The standard InChI is InChI=1S/C15H15N3O2S/c1-15(2,14-9-5-6-10-17-14)18-21(19,20)13-8-4-3-7-12(13)11-16/h3-10,18H,1-2H3. The van der Waals surface area contributed by atoms with E-state index in [-0.39, 0.29) is 10.5 Å². The fraction of sp³-hybridized carbons (Fsp3) is 0.200. The van der Waals surface area contributed by atoms with Crippen molar-refractivity contribution in [2.45, 2.75) is 24.3 Å². The van der Waals surface area contributed by atoms with Crippen molar-refractivity contribution in [2.75, 3.05) is 0 Å². The Balaban J connectivity index is 2.41. The van der Waals surface area contributed by atoms with Crippen LogP contribution in [-0.2, 0) is 15.6 Å². The third-order valence-electron chi connectivity index (χ3n) is 2.99. The summed E-state index contributed by atoms with van der Waals surface area (Å²) < 4.78 is 27.6. The molecule has 0 atom stereocenters. The maximum absolute atomic E-state index is 12.5. The molecule has 0 saturated heterocycles. The van der Waals surface area contributed by atoms with Crippen LogP contribution in [-0.4, -0.2) is 13.4 Å². The lowest BCUT2D eigenvalue weighted by molar-refractivity contribution is 0.460. The van der Waals surface area contributed by atoms with Crippen molar-refractivity contribution in [1.82, 2.24) is 9.71 Å². The molecule has 0 amide bonds. The SMILES string of the molecule is CC(C)(NS(=O)(=O)c1ccccc1C#N)c1ccccn1. The van der Waals surface area contributed by atoms with Crippen molar-refractivity contribution in [2.24, 2.45) is 0 Å². The Hall–Kier alpha value is -2.23. The number of benzene rings is 1. The van der Waals surface area contributed by atoms with E-state index in [0.29, 0.717) is 5.69 Å². The highest BCUT2D eigenvalue weighted by Gasteiger charge is 2.30. The molecular formula is C15H15N3O2S. The van der Waals surface area contributed by atoms with E-state index in [0.717, 1.165) is 0 Å². The highest BCUT2D eigenvalue weighted by Crippen LogP contribution is 2.22. The van der Waals surface area contributed by atoms with E-state index in [9.17, 15) is 8.42 Å². The summed E-state index contributed by atoms with van der Waals surface area (Å²) >= 11 is 0. The van der Waals surface area contributed by atoms with Crippen molar-refractivity contribution >= 4 is 10.0 Å². The minimum Gasteiger partial charge on any atom is -0.259 e. The van der Waals surface area contributed by atoms with Crippen LogP contribution >= 0.6 is 0 Å². The average Bonchev–Trinajstić information content (AvgIpc) is 2.47. The molecule has 6 heteroatoms. The zero-order valence-electron chi connectivity index (χ0n) is 11.7. The summed E-state index contributed by atoms with van der Waals surface area (Å²) in [6, 6.07) is 13.3. The predicted octanol–water partition coefficient (Wildman–Crippen LogP) is 2.17. The van der Waals surface area contributed by atoms with Gasteiger partial charge in [0.15, 0.2) is 0 Å². The molecule has 0 unspecified atom stereocenters. The first-order valence-electron chi connectivity index (χ1n) is 6.31. The number of nitrogens with one attached hydrogen (secondary N) is 1. The average molecular weight is 301 g/mol. The van der Waals surface area contributed by atoms with Gasteiger partial charge in [-0.2, -0.15) is 9.98 Å². The number of sulfonamides is 1. The van der Waals surface area contributed by atoms with E-state index in [1.165, 1.54) is 12.1 Å². The van der Waals surface area contributed by atoms with Gasteiger partial charge in [0.1, 0.15) is 6.07 Å². The Labute approximate surface area is 124 Å². The molecular weight excluding hydrogens is 286 g/mol. The van der Waals surface area contributed by atoms with E-state index in [2.05, 4.69) is 9.71 Å². The van der Waals surface area contributed by atoms with Crippen LogP contribution in [0.1, 0.15) is 25.1 Å². The molecule has 108 valence electrons. The number of nitrogens with zero attached hydrogens (tertiary/aromatic N) is 2. The number of rotatable bonds is 4. The molecule has 1 aromatic carbocycles. The molecule has 0 bridgehead atoms. The number of pyridine rings is 1. The summed E-state index contributed by atoms with van der Waals surface area (Å²) in [6.45, 7) is 3.45. The normalized spacial score (nSPS) is 11.9. The Bertz CT molecular complexity index is 778.